The van der Waals surface area contributed by atoms with E-state index >= 15 is 0 Å². The molecule has 0 saturated heterocycles. The monoisotopic (exact) mass is 466 g/mol. The summed E-state index contributed by atoms with van der Waals surface area (Å²) in [6.45, 7) is 8.11. The minimum absolute atomic E-state index is 0.0460. The summed E-state index contributed by atoms with van der Waals surface area (Å²) in [6.07, 6.45) is -1.08. The van der Waals surface area contributed by atoms with Crippen molar-refractivity contribution in [2.75, 3.05) is 6.61 Å². The molecule has 0 aromatic heterocycles. The van der Waals surface area contributed by atoms with Crippen LogP contribution in [-0.4, -0.2) is 26.0 Å². The van der Waals surface area contributed by atoms with Gasteiger partial charge in [-0.25, -0.2) is 0 Å². The van der Waals surface area contributed by atoms with Crippen molar-refractivity contribution in [3.8, 4) is 0 Å². The Morgan fingerprint density at radius 2 is 1.27 bits per heavy atom. The van der Waals surface area contributed by atoms with E-state index in [1.807, 2.05) is 36.4 Å². The second-order valence-electron chi connectivity index (χ2n) is 9.43. The number of aliphatic hydroxyl groups is 1. The minimum atomic E-state index is -3.42. The molecule has 0 spiro atoms. The molecule has 174 valence electrons. The van der Waals surface area contributed by atoms with Gasteiger partial charge in [0, 0.05) is 0 Å². The summed E-state index contributed by atoms with van der Waals surface area (Å²) >= 11 is 0. The van der Waals surface area contributed by atoms with Crippen LogP contribution in [0, 0.1) is 0 Å². The maximum absolute atomic E-state index is 14.9. The van der Waals surface area contributed by atoms with Crippen molar-refractivity contribution in [1.29, 1.82) is 0 Å². The zero-order valence-corrected chi connectivity index (χ0v) is 20.6. The van der Waals surface area contributed by atoms with Crippen LogP contribution in [0.25, 0.3) is 0 Å². The van der Waals surface area contributed by atoms with E-state index in [9.17, 15) is 13.9 Å². The molecule has 33 heavy (non-hydrogen) atoms. The molecule has 1 N–H and O–H groups in total. The molecule has 0 fully saturated rings. The number of halogens is 2. The maximum Gasteiger partial charge on any atom is 0.296 e. The number of rotatable bonds is 8. The Kier molecular flexibility index (Phi) is 7.68. The quantitative estimate of drug-likeness (QED) is 0.332. The topological polar surface area (TPSA) is 29.5 Å². The zero-order chi connectivity index (χ0) is 24.1. The lowest BCUT2D eigenvalue weighted by Crippen LogP contribution is -2.66. The van der Waals surface area contributed by atoms with Crippen LogP contribution in [0.3, 0.4) is 0 Å². The van der Waals surface area contributed by atoms with Gasteiger partial charge in [0.1, 0.15) is 6.10 Å². The minimum Gasteiger partial charge on any atom is -0.403 e. The molecule has 0 bridgehead atoms. The van der Waals surface area contributed by atoms with Gasteiger partial charge in [-0.15, -0.1) is 0 Å². The second kappa shape index (κ2) is 10.1. The molecule has 3 rings (SSSR count). The van der Waals surface area contributed by atoms with E-state index in [-0.39, 0.29) is 17.2 Å². The molecule has 0 saturated carbocycles. The third-order valence-corrected chi connectivity index (χ3v) is 10.8. The van der Waals surface area contributed by atoms with Gasteiger partial charge in [0.05, 0.1) is 6.61 Å². The van der Waals surface area contributed by atoms with Crippen LogP contribution in [0.5, 0.6) is 0 Å². The highest BCUT2D eigenvalue weighted by Gasteiger charge is 2.50. The third kappa shape index (κ3) is 5.49. The molecule has 2 nitrogen and oxygen atoms in total. The fourth-order valence-electron chi connectivity index (χ4n) is 4.29. The average Bonchev–Trinajstić information content (AvgIpc) is 2.80. The normalized spacial score (nSPS) is 14.2. The standard InChI is InChI=1S/C28H32F2O2Si/c1-22(20-28(29,30)26(31)23-14-8-5-9-15-23)21-32-33(27(2,3)4,24-16-10-6-11-17-24)25-18-12-7-13-19-25/h5-20,26,31H,21H2,1-4H3/b22-20-. The van der Waals surface area contributed by atoms with Crippen molar-refractivity contribution in [2.24, 2.45) is 0 Å². The Hall–Kier alpha value is -2.60. The molecule has 0 radical (unpaired) electrons. The van der Waals surface area contributed by atoms with E-state index in [1.165, 1.54) is 12.1 Å². The van der Waals surface area contributed by atoms with Crippen molar-refractivity contribution >= 4 is 18.7 Å². The lowest BCUT2D eigenvalue weighted by Gasteiger charge is -2.43. The smallest absolute Gasteiger partial charge is 0.296 e. The Labute approximate surface area is 196 Å². The van der Waals surface area contributed by atoms with Gasteiger partial charge in [-0.2, -0.15) is 8.78 Å². The molecule has 0 aliphatic carbocycles. The lowest BCUT2D eigenvalue weighted by molar-refractivity contribution is -0.0722. The van der Waals surface area contributed by atoms with Crippen LogP contribution in [0.2, 0.25) is 5.04 Å². The van der Waals surface area contributed by atoms with Crippen LogP contribution < -0.4 is 10.4 Å². The third-order valence-electron chi connectivity index (χ3n) is 5.85. The highest BCUT2D eigenvalue weighted by Crippen LogP contribution is 2.38. The fourth-order valence-corrected chi connectivity index (χ4v) is 8.89. The fraction of sp³-hybridized carbons (Fsp3) is 0.286. The van der Waals surface area contributed by atoms with Crippen LogP contribution in [0.15, 0.2) is 103 Å². The van der Waals surface area contributed by atoms with Crippen molar-refractivity contribution in [3.63, 3.8) is 0 Å². The molecule has 0 aliphatic heterocycles. The number of alkyl halides is 2. The van der Waals surface area contributed by atoms with Gasteiger partial charge in [-0.05, 0) is 39.5 Å². The Bertz CT molecular complexity index is 1010. The molecule has 1 unspecified atom stereocenters. The van der Waals surface area contributed by atoms with Gasteiger partial charge in [0.2, 0.25) is 0 Å². The summed E-state index contributed by atoms with van der Waals surface area (Å²) in [7, 11) is -2.83. The van der Waals surface area contributed by atoms with E-state index in [1.54, 1.807) is 25.1 Å². The van der Waals surface area contributed by atoms with E-state index in [0.717, 1.165) is 16.4 Å². The second-order valence-corrected chi connectivity index (χ2v) is 13.7. The van der Waals surface area contributed by atoms with E-state index in [4.69, 9.17) is 4.43 Å². The molecular formula is C28H32F2O2Si. The van der Waals surface area contributed by atoms with Crippen LogP contribution in [0.1, 0.15) is 39.4 Å². The van der Waals surface area contributed by atoms with Gasteiger partial charge in [0.15, 0.2) is 0 Å². The molecule has 0 heterocycles. The maximum atomic E-state index is 14.9. The molecular weight excluding hydrogens is 434 g/mol. The van der Waals surface area contributed by atoms with Gasteiger partial charge in [-0.1, -0.05) is 112 Å². The van der Waals surface area contributed by atoms with E-state index in [2.05, 4.69) is 45.0 Å². The van der Waals surface area contributed by atoms with Gasteiger partial charge >= 0.3 is 0 Å². The molecule has 5 heteroatoms. The van der Waals surface area contributed by atoms with E-state index in [0.29, 0.717) is 5.57 Å². The number of hydrogen-bond acceptors (Lipinski definition) is 2. The van der Waals surface area contributed by atoms with Gasteiger partial charge in [0.25, 0.3) is 14.2 Å². The van der Waals surface area contributed by atoms with Crippen molar-refractivity contribution in [2.45, 2.75) is 44.8 Å². The largest absolute Gasteiger partial charge is 0.403 e. The highest BCUT2D eigenvalue weighted by molar-refractivity contribution is 6.99. The van der Waals surface area contributed by atoms with E-state index < -0.39 is 20.3 Å². The molecule has 1 atom stereocenters. The predicted octanol–water partition coefficient (Wildman–Crippen LogP) is 5.88. The first-order chi connectivity index (χ1) is 15.6. The number of aliphatic hydroxyl groups excluding tert-OH is 1. The predicted molar refractivity (Wildman–Crippen MR) is 134 cm³/mol. The van der Waals surface area contributed by atoms with Crippen molar-refractivity contribution in [1.82, 2.24) is 0 Å². The van der Waals surface area contributed by atoms with Gasteiger partial charge in [-0.3, -0.25) is 0 Å². The molecule has 3 aromatic rings. The highest BCUT2D eigenvalue weighted by atomic mass is 28.4. The van der Waals surface area contributed by atoms with Crippen LogP contribution >= 0.6 is 0 Å². The first-order valence-corrected chi connectivity index (χ1v) is 13.0. The molecule has 3 aromatic carbocycles. The SMILES string of the molecule is C/C(=C/C(F)(F)C(O)c1ccccc1)CO[Si](c1ccccc1)(c1ccccc1)C(C)(C)C. The van der Waals surface area contributed by atoms with Gasteiger partial charge < -0.3 is 9.53 Å². The zero-order valence-electron chi connectivity index (χ0n) is 19.6. The Morgan fingerprint density at radius 3 is 1.70 bits per heavy atom. The summed E-state index contributed by atoms with van der Waals surface area (Å²) in [4.78, 5) is 0. The molecule has 0 aliphatic rings. The lowest BCUT2D eigenvalue weighted by atomic mass is 10.0. The average molecular weight is 467 g/mol. The van der Waals surface area contributed by atoms with Crippen molar-refractivity contribution in [3.05, 3.63) is 108 Å². The van der Waals surface area contributed by atoms with Crippen molar-refractivity contribution < 1.29 is 18.3 Å². The molecule has 0 amide bonds. The Balaban J connectivity index is 1.96. The van der Waals surface area contributed by atoms with Crippen LogP contribution in [-0.2, 0) is 4.43 Å². The summed E-state index contributed by atoms with van der Waals surface area (Å²) in [5.41, 5.74) is 0.558. The number of hydrogen-bond donors (Lipinski definition) is 1. The first-order valence-electron chi connectivity index (χ1n) is 11.1. The summed E-state index contributed by atoms with van der Waals surface area (Å²) < 4.78 is 36.5. The Morgan fingerprint density at radius 1 is 0.848 bits per heavy atom. The van der Waals surface area contributed by atoms with Crippen LogP contribution in [0.4, 0.5) is 8.78 Å². The summed E-state index contributed by atoms with van der Waals surface area (Å²) in [5, 5.41) is 12.2. The number of benzene rings is 3. The first kappa shape index (κ1) is 25.0. The summed E-state index contributed by atoms with van der Waals surface area (Å²) in [5.74, 6) is -3.42. The summed E-state index contributed by atoms with van der Waals surface area (Å²) in [6, 6.07) is 28.2.